The molecule has 2 aromatic carbocycles. The standard InChI is InChI=1S/C23H27NO3/c1-23(2)14-19(18-11-5-6-12-21(18)27-23)24-22(25)15-26-20-13-7-9-16-8-3-4-10-17(16)20/h5-7,9,11-13,19H,3-4,8,10,14-15H2,1-2H3,(H,24,25)/t19-/m0/s1. The second-order valence-corrected chi connectivity index (χ2v) is 8.11. The molecule has 0 fully saturated rings. The molecule has 1 amide bonds. The second kappa shape index (κ2) is 7.26. The number of para-hydroxylation sites is 1. The first kappa shape index (κ1) is 17.9. The van der Waals surface area contributed by atoms with Crippen LogP contribution in [0.15, 0.2) is 42.5 Å². The summed E-state index contributed by atoms with van der Waals surface area (Å²) in [4.78, 5) is 12.6. The Morgan fingerprint density at radius 3 is 2.85 bits per heavy atom. The maximum absolute atomic E-state index is 12.6. The van der Waals surface area contributed by atoms with Crippen LogP contribution < -0.4 is 14.8 Å². The zero-order valence-corrected chi connectivity index (χ0v) is 16.1. The van der Waals surface area contributed by atoms with E-state index < -0.39 is 0 Å². The lowest BCUT2D eigenvalue weighted by atomic mass is 9.89. The van der Waals surface area contributed by atoms with Gasteiger partial charge in [-0.25, -0.2) is 0 Å². The molecule has 1 aliphatic heterocycles. The molecule has 1 heterocycles. The topological polar surface area (TPSA) is 47.6 Å². The summed E-state index contributed by atoms with van der Waals surface area (Å²) in [6, 6.07) is 14.0. The first-order valence-electron chi connectivity index (χ1n) is 9.83. The van der Waals surface area contributed by atoms with Crippen molar-refractivity contribution in [1.29, 1.82) is 0 Å². The fourth-order valence-corrected chi connectivity index (χ4v) is 4.19. The number of aryl methyl sites for hydroxylation is 1. The van der Waals surface area contributed by atoms with Crippen molar-refractivity contribution in [3.8, 4) is 11.5 Å². The molecule has 0 saturated heterocycles. The maximum atomic E-state index is 12.6. The number of rotatable bonds is 4. The summed E-state index contributed by atoms with van der Waals surface area (Å²) in [5.41, 5.74) is 3.35. The van der Waals surface area contributed by atoms with E-state index in [-0.39, 0.29) is 24.2 Å². The summed E-state index contributed by atoms with van der Waals surface area (Å²) < 4.78 is 11.9. The minimum absolute atomic E-state index is 0.0381. The van der Waals surface area contributed by atoms with Gasteiger partial charge in [-0.3, -0.25) is 4.79 Å². The van der Waals surface area contributed by atoms with Crippen molar-refractivity contribution in [3.05, 3.63) is 59.2 Å². The average Bonchev–Trinajstić information content (AvgIpc) is 2.65. The van der Waals surface area contributed by atoms with E-state index in [4.69, 9.17) is 9.47 Å². The molecular weight excluding hydrogens is 338 g/mol. The van der Waals surface area contributed by atoms with Gasteiger partial charge in [0.1, 0.15) is 17.1 Å². The van der Waals surface area contributed by atoms with Crippen molar-refractivity contribution in [1.82, 2.24) is 5.32 Å². The van der Waals surface area contributed by atoms with Crippen LogP contribution in [-0.4, -0.2) is 18.1 Å². The number of amides is 1. The van der Waals surface area contributed by atoms with Crippen molar-refractivity contribution < 1.29 is 14.3 Å². The van der Waals surface area contributed by atoms with E-state index in [2.05, 4.69) is 25.2 Å². The Morgan fingerprint density at radius 2 is 1.96 bits per heavy atom. The average molecular weight is 365 g/mol. The number of hydrogen-bond acceptors (Lipinski definition) is 3. The lowest BCUT2D eigenvalue weighted by Gasteiger charge is -2.37. The fraction of sp³-hybridized carbons (Fsp3) is 0.435. The van der Waals surface area contributed by atoms with Gasteiger partial charge >= 0.3 is 0 Å². The molecule has 0 unspecified atom stereocenters. The molecule has 1 N–H and O–H groups in total. The Hall–Kier alpha value is -2.49. The summed E-state index contributed by atoms with van der Waals surface area (Å²) in [6.07, 6.45) is 5.29. The second-order valence-electron chi connectivity index (χ2n) is 8.11. The highest BCUT2D eigenvalue weighted by atomic mass is 16.5. The molecule has 4 heteroatoms. The molecule has 0 aromatic heterocycles. The van der Waals surface area contributed by atoms with Crippen LogP contribution in [0.1, 0.15) is 55.8 Å². The van der Waals surface area contributed by atoms with Gasteiger partial charge in [0.05, 0.1) is 6.04 Å². The van der Waals surface area contributed by atoms with Gasteiger partial charge in [0.2, 0.25) is 0 Å². The van der Waals surface area contributed by atoms with Crippen LogP contribution in [0.4, 0.5) is 0 Å². The van der Waals surface area contributed by atoms with Gasteiger partial charge in [0.15, 0.2) is 6.61 Å². The van der Waals surface area contributed by atoms with Crippen LogP contribution in [-0.2, 0) is 17.6 Å². The van der Waals surface area contributed by atoms with Gasteiger partial charge in [0.25, 0.3) is 5.91 Å². The predicted molar refractivity (Wildman–Crippen MR) is 105 cm³/mol. The number of hydrogen-bond donors (Lipinski definition) is 1. The molecule has 1 atom stereocenters. The smallest absolute Gasteiger partial charge is 0.258 e. The van der Waals surface area contributed by atoms with E-state index in [1.807, 2.05) is 36.4 Å². The van der Waals surface area contributed by atoms with Crippen molar-refractivity contribution in [2.75, 3.05) is 6.61 Å². The van der Waals surface area contributed by atoms with E-state index in [1.165, 1.54) is 24.0 Å². The molecule has 27 heavy (non-hydrogen) atoms. The maximum Gasteiger partial charge on any atom is 0.258 e. The Bertz CT molecular complexity index is 843. The highest BCUT2D eigenvalue weighted by Crippen LogP contribution is 2.39. The number of nitrogens with one attached hydrogen (secondary N) is 1. The summed E-state index contributed by atoms with van der Waals surface area (Å²) in [5, 5.41) is 3.14. The highest BCUT2D eigenvalue weighted by molar-refractivity contribution is 5.78. The summed E-state index contributed by atoms with van der Waals surface area (Å²) in [7, 11) is 0. The van der Waals surface area contributed by atoms with Crippen LogP contribution in [0.2, 0.25) is 0 Å². The van der Waals surface area contributed by atoms with E-state index in [0.717, 1.165) is 36.3 Å². The van der Waals surface area contributed by atoms with Gasteiger partial charge in [-0.15, -0.1) is 0 Å². The molecule has 0 spiro atoms. The normalized spacial score (nSPS) is 20.0. The highest BCUT2D eigenvalue weighted by Gasteiger charge is 2.34. The number of ether oxygens (including phenoxy) is 2. The van der Waals surface area contributed by atoms with Gasteiger partial charge in [0, 0.05) is 12.0 Å². The van der Waals surface area contributed by atoms with Gasteiger partial charge in [-0.1, -0.05) is 30.3 Å². The Labute approximate surface area is 160 Å². The zero-order chi connectivity index (χ0) is 18.9. The molecule has 1 aliphatic carbocycles. The molecule has 2 aromatic rings. The van der Waals surface area contributed by atoms with Crippen LogP contribution >= 0.6 is 0 Å². The SMILES string of the molecule is CC1(C)C[C@H](NC(=O)COc2cccc3c2CCCC3)c2ccccc2O1. The predicted octanol–water partition coefficient (Wildman–Crippen LogP) is 4.36. The summed E-state index contributed by atoms with van der Waals surface area (Å²) >= 11 is 0. The molecule has 142 valence electrons. The minimum atomic E-state index is -0.314. The lowest BCUT2D eigenvalue weighted by Crippen LogP contribution is -2.42. The molecule has 4 nitrogen and oxygen atoms in total. The third-order valence-electron chi connectivity index (χ3n) is 5.42. The third-order valence-corrected chi connectivity index (χ3v) is 5.42. The number of carbonyl (C=O) groups excluding carboxylic acids is 1. The van der Waals surface area contributed by atoms with E-state index in [0.29, 0.717) is 0 Å². The van der Waals surface area contributed by atoms with Crippen molar-refractivity contribution in [3.63, 3.8) is 0 Å². The third kappa shape index (κ3) is 3.95. The van der Waals surface area contributed by atoms with E-state index in [9.17, 15) is 4.79 Å². The number of carbonyl (C=O) groups is 1. The molecule has 2 aliphatic rings. The molecule has 4 rings (SSSR count). The van der Waals surface area contributed by atoms with Crippen molar-refractivity contribution >= 4 is 5.91 Å². The quantitative estimate of drug-likeness (QED) is 0.876. The number of benzene rings is 2. The first-order valence-corrected chi connectivity index (χ1v) is 9.83. The van der Waals surface area contributed by atoms with E-state index in [1.54, 1.807) is 0 Å². The van der Waals surface area contributed by atoms with Gasteiger partial charge in [-0.05, 0) is 62.8 Å². The summed E-state index contributed by atoms with van der Waals surface area (Å²) in [6.45, 7) is 4.14. The van der Waals surface area contributed by atoms with Crippen LogP contribution in [0.3, 0.4) is 0 Å². The largest absolute Gasteiger partial charge is 0.487 e. The first-order chi connectivity index (χ1) is 13.0. The Balaban J connectivity index is 1.43. The van der Waals surface area contributed by atoms with Crippen LogP contribution in [0.5, 0.6) is 11.5 Å². The monoisotopic (exact) mass is 365 g/mol. The fourth-order valence-electron chi connectivity index (χ4n) is 4.19. The number of fused-ring (bicyclic) bond motifs is 2. The Morgan fingerprint density at radius 1 is 1.15 bits per heavy atom. The van der Waals surface area contributed by atoms with Crippen LogP contribution in [0.25, 0.3) is 0 Å². The van der Waals surface area contributed by atoms with Gasteiger partial charge < -0.3 is 14.8 Å². The van der Waals surface area contributed by atoms with Crippen molar-refractivity contribution in [2.45, 2.75) is 57.6 Å². The molecule has 0 bridgehead atoms. The minimum Gasteiger partial charge on any atom is -0.487 e. The lowest BCUT2D eigenvalue weighted by molar-refractivity contribution is -0.124. The van der Waals surface area contributed by atoms with Gasteiger partial charge in [-0.2, -0.15) is 0 Å². The van der Waals surface area contributed by atoms with Crippen LogP contribution in [0, 0.1) is 0 Å². The molecular formula is C23H27NO3. The Kier molecular flexibility index (Phi) is 4.81. The van der Waals surface area contributed by atoms with Crippen molar-refractivity contribution in [2.24, 2.45) is 0 Å². The summed E-state index contributed by atoms with van der Waals surface area (Å²) in [5.74, 6) is 1.60. The molecule has 0 saturated carbocycles. The molecule has 0 radical (unpaired) electrons. The van der Waals surface area contributed by atoms with E-state index >= 15 is 0 Å². The zero-order valence-electron chi connectivity index (χ0n) is 16.1.